The fourth-order valence-electron chi connectivity index (χ4n) is 2.47. The van der Waals surface area contributed by atoms with Gasteiger partial charge in [-0.05, 0) is 23.7 Å². The number of hydrogen-bond acceptors (Lipinski definition) is 4. The summed E-state index contributed by atoms with van der Waals surface area (Å²) in [6.45, 7) is 2.10. The molecule has 3 unspecified atom stereocenters. The Balaban J connectivity index is 0.00000242. The minimum absolute atomic E-state index is 0. The van der Waals surface area contributed by atoms with E-state index in [-0.39, 0.29) is 47.9 Å². The normalized spacial score (nSPS) is 21.7. The van der Waals surface area contributed by atoms with Crippen LogP contribution in [0.1, 0.15) is 18.9 Å². The van der Waals surface area contributed by atoms with Crippen molar-refractivity contribution in [2.45, 2.75) is 25.8 Å². The Morgan fingerprint density at radius 3 is 2.55 bits per heavy atom. The molecule has 1 amide bonds. The summed E-state index contributed by atoms with van der Waals surface area (Å²) in [5, 5.41) is 14.2. The van der Waals surface area contributed by atoms with Crippen LogP contribution in [0.25, 0.3) is 0 Å². The predicted molar refractivity (Wildman–Crippen MR) is 81.7 cm³/mol. The van der Waals surface area contributed by atoms with Gasteiger partial charge in [-0.1, -0.05) is 37.3 Å². The molecule has 0 bridgehead atoms. The summed E-state index contributed by atoms with van der Waals surface area (Å²) in [6, 6.07) is 9.48. The molecule has 0 spiro atoms. The van der Waals surface area contributed by atoms with Crippen LogP contribution >= 0.6 is 11.8 Å². The van der Waals surface area contributed by atoms with Gasteiger partial charge < -0.3 is 15.2 Å². The Kier molecular flexibility index (Phi) is 8.54. The third kappa shape index (κ3) is 5.95. The summed E-state index contributed by atoms with van der Waals surface area (Å²) in [7, 11) is 0. The number of amides is 1. The van der Waals surface area contributed by atoms with Crippen LogP contribution in [0.2, 0.25) is 0 Å². The van der Waals surface area contributed by atoms with E-state index in [9.17, 15) is 14.7 Å². The molecule has 0 aromatic heterocycles. The topological polar surface area (TPSA) is 69.2 Å². The van der Waals surface area contributed by atoms with Gasteiger partial charge in [0.2, 0.25) is 5.91 Å². The van der Waals surface area contributed by atoms with E-state index in [0.717, 1.165) is 17.1 Å². The number of nitrogens with one attached hydrogen (secondary N) is 1. The number of carbonyl (C=O) groups is 2. The molecule has 4 nitrogen and oxygen atoms in total. The average molecular weight is 329 g/mol. The Labute approximate surface area is 157 Å². The molecule has 1 aliphatic rings. The zero-order chi connectivity index (χ0) is 15.2. The maximum absolute atomic E-state index is 12.0. The van der Waals surface area contributed by atoms with Crippen LogP contribution in [-0.2, 0) is 16.0 Å². The summed E-state index contributed by atoms with van der Waals surface area (Å²) in [5.41, 5.74) is 0.907. The van der Waals surface area contributed by atoms with Gasteiger partial charge in [0.05, 0.1) is 0 Å². The fourth-order valence-corrected chi connectivity index (χ4v) is 3.88. The van der Waals surface area contributed by atoms with Crippen molar-refractivity contribution in [3.8, 4) is 0 Å². The van der Waals surface area contributed by atoms with Crippen molar-refractivity contribution in [2.75, 3.05) is 11.5 Å². The third-order valence-corrected chi connectivity index (χ3v) is 5.16. The molecule has 3 atom stereocenters. The minimum Gasteiger partial charge on any atom is -0.550 e. The predicted octanol–water partition coefficient (Wildman–Crippen LogP) is -2.14. The van der Waals surface area contributed by atoms with Crippen molar-refractivity contribution >= 4 is 23.6 Å². The Morgan fingerprint density at radius 1 is 1.32 bits per heavy atom. The fraction of sp³-hybridized carbons (Fsp3) is 0.500. The van der Waals surface area contributed by atoms with Gasteiger partial charge in [-0.2, -0.15) is 11.8 Å². The van der Waals surface area contributed by atoms with Gasteiger partial charge in [-0.15, -0.1) is 0 Å². The zero-order valence-electron chi connectivity index (χ0n) is 13.1. The first-order valence-corrected chi connectivity index (χ1v) is 8.33. The summed E-state index contributed by atoms with van der Waals surface area (Å²) in [5.74, 6) is 0.244. The van der Waals surface area contributed by atoms with Crippen LogP contribution in [0.15, 0.2) is 30.3 Å². The Morgan fingerprint density at radius 2 is 2.00 bits per heavy atom. The van der Waals surface area contributed by atoms with Crippen molar-refractivity contribution in [2.24, 2.45) is 11.8 Å². The van der Waals surface area contributed by atoms with Crippen molar-refractivity contribution in [3.63, 3.8) is 0 Å². The second-order valence-corrected chi connectivity index (χ2v) is 6.67. The smallest absolute Gasteiger partial charge is 0.550 e. The quantitative estimate of drug-likeness (QED) is 0.605. The summed E-state index contributed by atoms with van der Waals surface area (Å²) in [4.78, 5) is 23.3. The van der Waals surface area contributed by atoms with Crippen LogP contribution < -0.4 is 40.0 Å². The molecule has 1 aromatic rings. The van der Waals surface area contributed by atoms with E-state index < -0.39 is 11.9 Å². The SMILES string of the molecule is CC1CSCC1NC(=O)CC(Cc1ccccc1)C(=O)[O-].[Na+]. The molecule has 6 heteroatoms. The molecule has 1 fully saturated rings. The second-order valence-electron chi connectivity index (χ2n) is 5.60. The number of carboxylic acid groups (broad SMARTS) is 1. The Bertz CT molecular complexity index is 497. The molecule has 1 N–H and O–H groups in total. The van der Waals surface area contributed by atoms with Crippen LogP contribution in [0, 0.1) is 11.8 Å². The van der Waals surface area contributed by atoms with Crippen molar-refractivity contribution in [1.29, 1.82) is 0 Å². The number of hydrogen-bond donors (Lipinski definition) is 1. The third-order valence-electron chi connectivity index (χ3n) is 3.80. The molecule has 0 saturated carbocycles. The van der Waals surface area contributed by atoms with E-state index in [1.807, 2.05) is 42.1 Å². The van der Waals surface area contributed by atoms with E-state index in [0.29, 0.717) is 12.3 Å². The van der Waals surface area contributed by atoms with Gasteiger partial charge in [0.25, 0.3) is 0 Å². The summed E-state index contributed by atoms with van der Waals surface area (Å²) < 4.78 is 0. The maximum Gasteiger partial charge on any atom is 1.00 e. The molecule has 2 rings (SSSR count). The number of benzene rings is 1. The van der Waals surface area contributed by atoms with E-state index in [1.165, 1.54) is 0 Å². The van der Waals surface area contributed by atoms with Gasteiger partial charge in [0, 0.05) is 30.1 Å². The molecule has 1 saturated heterocycles. The molecule has 1 heterocycles. The monoisotopic (exact) mass is 329 g/mol. The first kappa shape index (κ1) is 19.6. The molecule has 0 radical (unpaired) electrons. The van der Waals surface area contributed by atoms with Crippen LogP contribution in [-0.4, -0.2) is 29.4 Å². The van der Waals surface area contributed by atoms with Crippen LogP contribution in [0.4, 0.5) is 0 Å². The Hall–Kier alpha value is -0.490. The molecular weight excluding hydrogens is 309 g/mol. The van der Waals surface area contributed by atoms with Gasteiger partial charge in [-0.25, -0.2) is 0 Å². The van der Waals surface area contributed by atoms with Crippen LogP contribution in [0.3, 0.4) is 0 Å². The number of rotatable bonds is 6. The number of carbonyl (C=O) groups excluding carboxylic acids is 2. The largest absolute Gasteiger partial charge is 1.00 e. The standard InChI is InChI=1S/C16H21NO3S.Na/c1-11-9-21-10-14(11)17-15(18)8-13(16(19)20)7-12-5-3-2-4-6-12;/h2-6,11,13-14H,7-10H2,1H3,(H,17,18)(H,19,20);/q;+1/p-1. The first-order chi connectivity index (χ1) is 10.1. The van der Waals surface area contributed by atoms with Crippen molar-refractivity contribution < 1.29 is 44.3 Å². The second kappa shape index (κ2) is 9.60. The molecule has 0 aliphatic carbocycles. The van der Waals surface area contributed by atoms with Crippen LogP contribution in [0.5, 0.6) is 0 Å². The number of thioether (sulfide) groups is 1. The number of carboxylic acids is 1. The first-order valence-electron chi connectivity index (χ1n) is 7.18. The molecular formula is C16H20NNaO3S. The number of aliphatic carboxylic acids is 1. The average Bonchev–Trinajstić information content (AvgIpc) is 2.84. The van der Waals surface area contributed by atoms with E-state index in [1.54, 1.807) is 0 Å². The zero-order valence-corrected chi connectivity index (χ0v) is 15.9. The minimum atomic E-state index is -1.16. The van der Waals surface area contributed by atoms with E-state index >= 15 is 0 Å². The van der Waals surface area contributed by atoms with Gasteiger partial charge >= 0.3 is 29.6 Å². The molecule has 1 aromatic carbocycles. The molecule has 22 heavy (non-hydrogen) atoms. The van der Waals surface area contributed by atoms with E-state index in [4.69, 9.17) is 0 Å². The molecule has 114 valence electrons. The van der Waals surface area contributed by atoms with E-state index in [2.05, 4.69) is 12.2 Å². The summed E-state index contributed by atoms with van der Waals surface area (Å²) >= 11 is 1.82. The van der Waals surface area contributed by atoms with Crippen molar-refractivity contribution in [1.82, 2.24) is 5.32 Å². The van der Waals surface area contributed by atoms with Crippen molar-refractivity contribution in [3.05, 3.63) is 35.9 Å². The van der Waals surface area contributed by atoms with Gasteiger partial charge in [0.1, 0.15) is 0 Å². The van der Waals surface area contributed by atoms with Gasteiger partial charge in [-0.3, -0.25) is 4.79 Å². The molecule has 1 aliphatic heterocycles. The van der Waals surface area contributed by atoms with Gasteiger partial charge in [0.15, 0.2) is 0 Å². The maximum atomic E-state index is 12.0. The summed E-state index contributed by atoms with van der Waals surface area (Å²) in [6.07, 6.45) is 0.302.